The zero-order valence-corrected chi connectivity index (χ0v) is 17.4. The van der Waals surface area contributed by atoms with Crippen molar-refractivity contribution in [2.24, 2.45) is 16.5 Å². The van der Waals surface area contributed by atoms with Crippen LogP contribution < -0.4 is 11.5 Å². The van der Waals surface area contributed by atoms with Crippen LogP contribution in [0.4, 0.5) is 4.39 Å². The van der Waals surface area contributed by atoms with Crippen LogP contribution in [-0.2, 0) is 33.9 Å². The Morgan fingerprint density at radius 2 is 1.84 bits per heavy atom. The maximum absolute atomic E-state index is 12.6. The Labute approximate surface area is 183 Å². The number of carbonyl (C=O) groups is 3. The van der Waals surface area contributed by atoms with E-state index >= 15 is 0 Å². The van der Waals surface area contributed by atoms with Gasteiger partial charge in [0.2, 0.25) is 0 Å². The summed E-state index contributed by atoms with van der Waals surface area (Å²) in [5.74, 6) is -2.10. The number of unbranched alkanes of at least 4 members (excludes halogenated alkanes) is 1. The molecule has 1 aromatic carbocycles. The van der Waals surface area contributed by atoms with E-state index in [9.17, 15) is 18.8 Å². The number of rotatable bonds is 10. The number of aromatic nitrogens is 3. The summed E-state index contributed by atoms with van der Waals surface area (Å²) >= 11 is 0. The summed E-state index contributed by atoms with van der Waals surface area (Å²) in [5, 5.41) is 8.63. The molecule has 0 radical (unpaired) electrons. The Morgan fingerprint density at radius 1 is 1.12 bits per heavy atom. The molecule has 1 saturated heterocycles. The molecule has 0 atom stereocenters. The molecule has 11 nitrogen and oxygen atoms in total. The van der Waals surface area contributed by atoms with E-state index in [0.29, 0.717) is 35.5 Å². The lowest BCUT2D eigenvalue weighted by atomic mass is 10.1. The van der Waals surface area contributed by atoms with Crippen LogP contribution in [0.25, 0.3) is 0 Å². The molecule has 2 aromatic rings. The summed E-state index contributed by atoms with van der Waals surface area (Å²) in [6.45, 7) is 0.0295. The SMILES string of the molecule is NC(N)=NCc1cc(Cn2cc(CCCC[18F])nn2)cc(C(=O)ON2C(=O)CCC2=O)c1. The fourth-order valence-corrected chi connectivity index (χ4v) is 3.16. The molecule has 1 fully saturated rings. The highest BCUT2D eigenvalue weighted by Crippen LogP contribution is 2.18. The lowest BCUT2D eigenvalue weighted by Crippen LogP contribution is -2.32. The van der Waals surface area contributed by atoms with Gasteiger partial charge in [0.25, 0.3) is 11.8 Å². The number of benzene rings is 1. The van der Waals surface area contributed by atoms with Crippen molar-refractivity contribution in [3.05, 3.63) is 46.8 Å². The average molecular weight is 444 g/mol. The number of halogens is 1. The molecular weight excluding hydrogens is 420 g/mol. The number of amides is 2. The second-order valence-electron chi connectivity index (χ2n) is 7.29. The zero-order valence-electron chi connectivity index (χ0n) is 17.4. The third kappa shape index (κ3) is 6.09. The molecule has 0 spiro atoms. The van der Waals surface area contributed by atoms with Crippen LogP contribution >= 0.6 is 0 Å². The monoisotopic (exact) mass is 444 g/mol. The maximum Gasteiger partial charge on any atom is 0.363 e. The molecule has 12 heteroatoms. The van der Waals surface area contributed by atoms with Gasteiger partial charge in [0.1, 0.15) is 0 Å². The molecular formula is C20H24FN7O4. The van der Waals surface area contributed by atoms with E-state index in [2.05, 4.69) is 15.3 Å². The van der Waals surface area contributed by atoms with Crippen LogP contribution in [0.15, 0.2) is 29.4 Å². The van der Waals surface area contributed by atoms with E-state index in [0.717, 1.165) is 5.69 Å². The number of carbonyl (C=O) groups excluding carboxylic acids is 3. The Balaban J connectivity index is 1.79. The average Bonchev–Trinajstić information content (AvgIpc) is 3.33. The van der Waals surface area contributed by atoms with Gasteiger partial charge in [-0.15, -0.1) is 10.2 Å². The van der Waals surface area contributed by atoms with Gasteiger partial charge in [0.05, 0.1) is 31.0 Å². The maximum atomic E-state index is 12.6. The summed E-state index contributed by atoms with van der Waals surface area (Å²) in [5.41, 5.74) is 13.0. The second-order valence-corrected chi connectivity index (χ2v) is 7.29. The number of guanidine groups is 1. The van der Waals surface area contributed by atoms with Crippen molar-refractivity contribution < 1.29 is 23.6 Å². The van der Waals surface area contributed by atoms with Crippen LogP contribution in [0.3, 0.4) is 0 Å². The minimum atomic E-state index is -0.855. The van der Waals surface area contributed by atoms with Crippen molar-refractivity contribution in [2.45, 2.75) is 45.2 Å². The Kier molecular flexibility index (Phi) is 7.47. The van der Waals surface area contributed by atoms with Gasteiger partial charge in [-0.2, -0.15) is 0 Å². The summed E-state index contributed by atoms with van der Waals surface area (Å²) in [7, 11) is 0. The van der Waals surface area contributed by atoms with E-state index in [-0.39, 0.29) is 44.1 Å². The van der Waals surface area contributed by atoms with Crippen LogP contribution in [0.5, 0.6) is 0 Å². The molecule has 32 heavy (non-hydrogen) atoms. The molecule has 3 rings (SSSR count). The molecule has 2 amide bonds. The highest BCUT2D eigenvalue weighted by atomic mass is 18.2. The lowest BCUT2D eigenvalue weighted by Gasteiger charge is -2.14. The van der Waals surface area contributed by atoms with E-state index in [1.807, 2.05) is 0 Å². The number of hydrogen-bond acceptors (Lipinski definition) is 7. The second kappa shape index (κ2) is 10.5. The van der Waals surface area contributed by atoms with Crippen molar-refractivity contribution in [2.75, 3.05) is 6.67 Å². The van der Waals surface area contributed by atoms with E-state index in [1.165, 1.54) is 6.07 Å². The smallest absolute Gasteiger partial charge is 0.363 e. The molecule has 1 aromatic heterocycles. The Hall–Kier alpha value is -3.83. The number of hydroxylamine groups is 2. The van der Waals surface area contributed by atoms with Gasteiger partial charge in [-0.3, -0.25) is 14.0 Å². The van der Waals surface area contributed by atoms with Crippen molar-refractivity contribution in [3.63, 3.8) is 0 Å². The topological polar surface area (TPSA) is 159 Å². The number of alkyl halides is 1. The lowest BCUT2D eigenvalue weighted by molar-refractivity contribution is -0.172. The first kappa shape index (κ1) is 22.8. The van der Waals surface area contributed by atoms with Gasteiger partial charge in [-0.25, -0.2) is 14.5 Å². The molecule has 0 aliphatic carbocycles. The van der Waals surface area contributed by atoms with Crippen LogP contribution in [0.1, 0.15) is 52.9 Å². The predicted octanol–water partition coefficient (Wildman–Crippen LogP) is 0.613. The first-order chi connectivity index (χ1) is 15.4. The molecule has 0 bridgehead atoms. The van der Waals surface area contributed by atoms with Gasteiger partial charge in [0, 0.05) is 19.0 Å². The van der Waals surface area contributed by atoms with Crippen LogP contribution in [-0.4, -0.2) is 50.5 Å². The van der Waals surface area contributed by atoms with Gasteiger partial charge in [0.15, 0.2) is 5.96 Å². The summed E-state index contributed by atoms with van der Waals surface area (Å²) in [6, 6.07) is 4.88. The van der Waals surface area contributed by atoms with Crippen LogP contribution in [0, 0.1) is 0 Å². The molecule has 1 aliphatic heterocycles. The van der Waals surface area contributed by atoms with Crippen molar-refractivity contribution in [1.29, 1.82) is 0 Å². The highest BCUT2D eigenvalue weighted by Gasteiger charge is 2.33. The van der Waals surface area contributed by atoms with Gasteiger partial charge < -0.3 is 16.3 Å². The number of nitrogens with two attached hydrogens (primary N) is 2. The molecule has 4 N–H and O–H groups in total. The number of aliphatic imine (C=N–C) groups is 1. The highest BCUT2D eigenvalue weighted by molar-refractivity contribution is 6.02. The normalized spacial score (nSPS) is 13.5. The largest absolute Gasteiger partial charge is 0.370 e. The van der Waals surface area contributed by atoms with E-state index in [1.54, 1.807) is 23.0 Å². The van der Waals surface area contributed by atoms with Gasteiger partial charge in [-0.1, -0.05) is 11.3 Å². The van der Waals surface area contributed by atoms with Gasteiger partial charge >= 0.3 is 5.97 Å². The zero-order chi connectivity index (χ0) is 23.1. The molecule has 2 heterocycles. The number of hydrogen-bond donors (Lipinski definition) is 2. The van der Waals surface area contributed by atoms with Gasteiger partial charge in [-0.05, 0) is 42.5 Å². The van der Waals surface area contributed by atoms with E-state index in [4.69, 9.17) is 16.3 Å². The number of aryl methyl sites for hydroxylation is 1. The first-order valence-electron chi connectivity index (χ1n) is 10.1. The minimum Gasteiger partial charge on any atom is -0.370 e. The molecule has 0 saturated carbocycles. The van der Waals surface area contributed by atoms with Crippen molar-refractivity contribution in [3.8, 4) is 0 Å². The van der Waals surface area contributed by atoms with Crippen LogP contribution in [0.2, 0.25) is 0 Å². The third-order valence-electron chi connectivity index (χ3n) is 4.66. The summed E-state index contributed by atoms with van der Waals surface area (Å²) in [4.78, 5) is 45.1. The minimum absolute atomic E-state index is 0.00184. The first-order valence-corrected chi connectivity index (χ1v) is 10.1. The van der Waals surface area contributed by atoms with Crippen molar-refractivity contribution in [1.82, 2.24) is 20.1 Å². The predicted molar refractivity (Wildman–Crippen MR) is 110 cm³/mol. The standard InChI is InChI=1S/C20H24FN7O4/c21-6-2-1-3-16-12-27(26-25-16)11-14-7-13(10-24-20(22)23)8-15(9-14)19(31)32-28-17(29)4-5-18(28)30/h7-9,12H,1-6,10-11H2,(H4,22,23,24)/i21-1. The van der Waals surface area contributed by atoms with E-state index < -0.39 is 17.8 Å². The summed E-state index contributed by atoms with van der Waals surface area (Å²) in [6.07, 6.45) is 3.51. The summed E-state index contributed by atoms with van der Waals surface area (Å²) < 4.78 is 13.9. The molecule has 0 unspecified atom stereocenters. The fraction of sp³-hybridized carbons (Fsp3) is 0.400. The molecule has 170 valence electrons. The quantitative estimate of drug-likeness (QED) is 0.233. The number of imide groups is 1. The Bertz CT molecular complexity index is 1020. The number of nitrogens with zero attached hydrogens (tertiary/aromatic N) is 5. The van der Waals surface area contributed by atoms with Crippen molar-refractivity contribution >= 4 is 23.7 Å². The Morgan fingerprint density at radius 3 is 2.53 bits per heavy atom. The fourth-order valence-electron chi connectivity index (χ4n) is 3.16. The third-order valence-corrected chi connectivity index (χ3v) is 4.66. The molecule has 1 aliphatic rings.